The van der Waals surface area contributed by atoms with E-state index in [0.717, 1.165) is 5.03 Å². The first-order valence-corrected chi connectivity index (χ1v) is 8.01. The lowest BCUT2D eigenvalue weighted by molar-refractivity contribution is 0.102. The Bertz CT molecular complexity index is 559. The number of anilines is 2. The molecule has 0 atom stereocenters. The molecule has 0 saturated heterocycles. The van der Waals surface area contributed by atoms with Crippen LogP contribution in [0.15, 0.2) is 47.6 Å². The van der Waals surface area contributed by atoms with Crippen LogP contribution in [0.5, 0.6) is 0 Å². The van der Waals surface area contributed by atoms with Gasteiger partial charge in [-0.15, -0.1) is 11.7 Å². The summed E-state index contributed by atoms with van der Waals surface area (Å²) in [5.74, 6) is -0.240. The van der Waals surface area contributed by atoms with E-state index in [1.807, 2.05) is 26.0 Å². The number of nitrogen functional groups attached to an aromatic ring is 1. The average Bonchev–Trinajstić information content (AvgIpc) is 2.51. The third kappa shape index (κ3) is 4.47. The molecular formula is C14H17N3OS2. The Labute approximate surface area is 128 Å². The van der Waals surface area contributed by atoms with Crippen LogP contribution in [0.2, 0.25) is 0 Å². The molecule has 0 aliphatic carbocycles. The van der Waals surface area contributed by atoms with E-state index in [1.165, 1.54) is 17.0 Å². The smallest absolute Gasteiger partial charge is 0.257 e. The number of carbonyl (C=O) groups is 1. The van der Waals surface area contributed by atoms with E-state index < -0.39 is 0 Å². The first-order chi connectivity index (χ1) is 9.70. The zero-order valence-corrected chi connectivity index (χ0v) is 13.0. The summed E-state index contributed by atoms with van der Waals surface area (Å²) >= 11 is 4.03. The largest absolute Gasteiger partial charge is 0.397 e. The summed E-state index contributed by atoms with van der Waals surface area (Å²) in [7, 11) is 1.23. The van der Waals surface area contributed by atoms with Crippen LogP contribution in [0, 0.1) is 0 Å². The second kappa shape index (κ2) is 8.50. The second-order valence-corrected chi connectivity index (χ2v) is 4.67. The van der Waals surface area contributed by atoms with Crippen molar-refractivity contribution in [3.8, 4) is 0 Å². The van der Waals surface area contributed by atoms with Gasteiger partial charge in [0, 0.05) is 6.20 Å². The standard InChI is InChI=1S/C12H11N3OS2.C2H6/c13-9-3-1-2-4-10(9)15-12(16)8-5-6-11(18-17)14-7-8;1-2/h1-7,17H,13H2,(H,15,16);1-2H3. The van der Waals surface area contributed by atoms with Gasteiger partial charge in [-0.3, -0.25) is 4.79 Å². The molecule has 0 radical (unpaired) electrons. The van der Waals surface area contributed by atoms with Crippen molar-refractivity contribution in [3.05, 3.63) is 48.2 Å². The molecule has 20 heavy (non-hydrogen) atoms. The number of carbonyl (C=O) groups excluding carboxylic acids is 1. The highest BCUT2D eigenvalue weighted by Crippen LogP contribution is 2.20. The monoisotopic (exact) mass is 307 g/mol. The predicted octanol–water partition coefficient (Wildman–Crippen LogP) is 3.88. The van der Waals surface area contributed by atoms with Gasteiger partial charge >= 0.3 is 0 Å². The number of para-hydroxylation sites is 2. The molecule has 1 heterocycles. The quantitative estimate of drug-likeness (QED) is 0.457. The molecule has 0 saturated carbocycles. The lowest BCUT2D eigenvalue weighted by atomic mass is 10.2. The number of aromatic nitrogens is 1. The number of nitrogens with two attached hydrogens (primary N) is 1. The fourth-order valence-corrected chi connectivity index (χ4v) is 1.93. The summed E-state index contributed by atoms with van der Waals surface area (Å²) in [6.07, 6.45) is 1.51. The molecule has 106 valence electrons. The van der Waals surface area contributed by atoms with Crippen LogP contribution in [-0.4, -0.2) is 10.9 Å². The number of nitrogens with zero attached hydrogens (tertiary/aromatic N) is 1. The number of hydrogen-bond donors (Lipinski definition) is 3. The summed E-state index contributed by atoms with van der Waals surface area (Å²) in [4.78, 5) is 16.0. The van der Waals surface area contributed by atoms with Crippen molar-refractivity contribution in [3.63, 3.8) is 0 Å². The second-order valence-electron chi connectivity index (χ2n) is 3.52. The number of nitrogens with one attached hydrogen (secondary N) is 1. The molecule has 1 aromatic heterocycles. The van der Waals surface area contributed by atoms with Crippen LogP contribution in [0.3, 0.4) is 0 Å². The van der Waals surface area contributed by atoms with Gasteiger partial charge in [-0.1, -0.05) is 26.0 Å². The van der Waals surface area contributed by atoms with Gasteiger partial charge in [0.1, 0.15) is 5.03 Å². The summed E-state index contributed by atoms with van der Waals surface area (Å²) in [5.41, 5.74) is 7.35. The molecule has 0 bridgehead atoms. The van der Waals surface area contributed by atoms with Crippen LogP contribution >= 0.6 is 22.5 Å². The number of rotatable bonds is 3. The summed E-state index contributed by atoms with van der Waals surface area (Å²) < 4.78 is 0. The summed E-state index contributed by atoms with van der Waals surface area (Å²) in [6, 6.07) is 10.5. The summed E-state index contributed by atoms with van der Waals surface area (Å²) in [6.45, 7) is 4.00. The Balaban J connectivity index is 0.000000956. The SMILES string of the molecule is CC.Nc1ccccc1NC(=O)c1ccc(SS)nc1. The molecule has 0 unspecified atom stereocenters. The highest BCUT2D eigenvalue weighted by molar-refractivity contribution is 8.68. The maximum Gasteiger partial charge on any atom is 0.257 e. The Morgan fingerprint density at radius 1 is 1.25 bits per heavy atom. The van der Waals surface area contributed by atoms with Crippen LogP contribution in [0.4, 0.5) is 11.4 Å². The molecule has 1 amide bonds. The molecular weight excluding hydrogens is 290 g/mol. The van der Waals surface area contributed by atoms with Gasteiger partial charge < -0.3 is 11.1 Å². The van der Waals surface area contributed by atoms with Crippen molar-refractivity contribution in [2.75, 3.05) is 11.1 Å². The Kier molecular flexibility index (Phi) is 6.97. The van der Waals surface area contributed by atoms with Crippen molar-refractivity contribution in [1.29, 1.82) is 0 Å². The normalized spacial score (nSPS) is 9.35. The fourth-order valence-electron chi connectivity index (χ4n) is 1.37. The zero-order chi connectivity index (χ0) is 15.0. The van der Waals surface area contributed by atoms with E-state index in [9.17, 15) is 4.79 Å². The highest BCUT2D eigenvalue weighted by Gasteiger charge is 2.08. The number of pyridine rings is 1. The van der Waals surface area contributed by atoms with Gasteiger partial charge in [-0.2, -0.15) is 0 Å². The van der Waals surface area contributed by atoms with Gasteiger partial charge in [-0.25, -0.2) is 4.98 Å². The van der Waals surface area contributed by atoms with Gasteiger partial charge in [0.2, 0.25) is 0 Å². The third-order valence-corrected chi connectivity index (χ3v) is 3.29. The van der Waals surface area contributed by atoms with Gasteiger partial charge in [0.05, 0.1) is 16.9 Å². The molecule has 0 fully saturated rings. The van der Waals surface area contributed by atoms with E-state index in [2.05, 4.69) is 22.0 Å². The molecule has 2 rings (SSSR count). The predicted molar refractivity (Wildman–Crippen MR) is 89.2 cm³/mol. The van der Waals surface area contributed by atoms with E-state index >= 15 is 0 Å². The van der Waals surface area contributed by atoms with Crippen molar-refractivity contribution in [2.45, 2.75) is 18.9 Å². The highest BCUT2D eigenvalue weighted by atomic mass is 33.1. The lowest BCUT2D eigenvalue weighted by Crippen LogP contribution is -2.13. The first-order valence-electron chi connectivity index (χ1n) is 6.14. The van der Waals surface area contributed by atoms with Crippen molar-refractivity contribution >= 4 is 39.7 Å². The molecule has 0 spiro atoms. The van der Waals surface area contributed by atoms with E-state index in [0.29, 0.717) is 16.9 Å². The lowest BCUT2D eigenvalue weighted by Gasteiger charge is -2.07. The maximum absolute atomic E-state index is 11.9. The maximum atomic E-state index is 11.9. The van der Waals surface area contributed by atoms with E-state index in [-0.39, 0.29) is 5.91 Å². The number of benzene rings is 1. The van der Waals surface area contributed by atoms with Gasteiger partial charge in [-0.05, 0) is 35.1 Å². The minimum absolute atomic E-state index is 0.240. The fraction of sp³-hybridized carbons (Fsp3) is 0.143. The number of hydrogen-bond acceptors (Lipinski definition) is 5. The van der Waals surface area contributed by atoms with Crippen molar-refractivity contribution < 1.29 is 4.79 Å². The Morgan fingerprint density at radius 2 is 1.95 bits per heavy atom. The van der Waals surface area contributed by atoms with Gasteiger partial charge in [0.15, 0.2) is 0 Å². The van der Waals surface area contributed by atoms with Crippen LogP contribution in [0.25, 0.3) is 0 Å². The van der Waals surface area contributed by atoms with E-state index in [4.69, 9.17) is 5.73 Å². The third-order valence-electron chi connectivity index (χ3n) is 2.30. The summed E-state index contributed by atoms with van der Waals surface area (Å²) in [5, 5.41) is 3.48. The van der Waals surface area contributed by atoms with Gasteiger partial charge in [0.25, 0.3) is 5.91 Å². The molecule has 0 aliphatic rings. The molecule has 1 aromatic carbocycles. The van der Waals surface area contributed by atoms with Crippen LogP contribution < -0.4 is 11.1 Å². The minimum atomic E-state index is -0.240. The zero-order valence-electron chi connectivity index (χ0n) is 11.3. The topological polar surface area (TPSA) is 68.0 Å². The molecule has 4 nitrogen and oxygen atoms in total. The van der Waals surface area contributed by atoms with Crippen LogP contribution in [-0.2, 0) is 0 Å². The Hall–Kier alpha value is -1.66. The molecule has 3 N–H and O–H groups in total. The minimum Gasteiger partial charge on any atom is -0.397 e. The molecule has 0 aliphatic heterocycles. The van der Waals surface area contributed by atoms with E-state index in [1.54, 1.807) is 24.3 Å². The Morgan fingerprint density at radius 3 is 2.50 bits per heavy atom. The number of amides is 1. The average molecular weight is 307 g/mol. The molecule has 6 heteroatoms. The number of thiol groups is 1. The first kappa shape index (κ1) is 16.4. The van der Waals surface area contributed by atoms with Crippen molar-refractivity contribution in [2.24, 2.45) is 0 Å². The van der Waals surface area contributed by atoms with Crippen molar-refractivity contribution in [1.82, 2.24) is 4.98 Å². The van der Waals surface area contributed by atoms with Crippen LogP contribution in [0.1, 0.15) is 24.2 Å². The molecule has 2 aromatic rings.